The number of nitro benzene ring substituents is 1. The lowest BCUT2D eigenvalue weighted by molar-refractivity contribution is -0.385. The van der Waals surface area contributed by atoms with Gasteiger partial charge in [-0.05, 0) is 25.3 Å². The van der Waals surface area contributed by atoms with Crippen LogP contribution < -0.4 is 5.32 Å². The fourth-order valence-corrected chi connectivity index (χ4v) is 1.69. The molecule has 6 nitrogen and oxygen atoms in total. The van der Waals surface area contributed by atoms with Crippen molar-refractivity contribution in [1.29, 1.82) is 0 Å². The number of hydrogen-bond acceptors (Lipinski definition) is 4. The maximum atomic E-state index is 13.8. The Morgan fingerprint density at radius 3 is 2.75 bits per heavy atom. The highest BCUT2D eigenvalue weighted by atomic mass is 19.1. The van der Waals surface area contributed by atoms with Gasteiger partial charge in [-0.2, -0.15) is 0 Å². The smallest absolute Gasteiger partial charge is 0.270 e. The number of non-ortho nitro benzene ring substituents is 1. The summed E-state index contributed by atoms with van der Waals surface area (Å²) in [7, 11) is 1.58. The monoisotopic (exact) mass is 284 g/mol. The molecule has 0 saturated heterocycles. The Labute approximate surface area is 116 Å². The van der Waals surface area contributed by atoms with E-state index in [1.165, 1.54) is 6.92 Å². The van der Waals surface area contributed by atoms with Crippen LogP contribution in [0, 0.1) is 22.9 Å². The summed E-state index contributed by atoms with van der Waals surface area (Å²) < 4.78 is 18.7. The Morgan fingerprint density at radius 1 is 1.45 bits per heavy atom. The molecule has 1 amide bonds. The van der Waals surface area contributed by atoms with E-state index in [0.717, 1.165) is 18.6 Å². The molecule has 0 aliphatic carbocycles. The molecule has 20 heavy (non-hydrogen) atoms. The van der Waals surface area contributed by atoms with Crippen LogP contribution in [0.4, 0.5) is 10.1 Å². The predicted molar refractivity (Wildman–Crippen MR) is 71.2 cm³/mol. The van der Waals surface area contributed by atoms with E-state index in [4.69, 9.17) is 4.74 Å². The third-order valence-corrected chi connectivity index (χ3v) is 2.76. The third kappa shape index (κ3) is 4.27. The van der Waals surface area contributed by atoms with Crippen LogP contribution in [0.5, 0.6) is 0 Å². The van der Waals surface area contributed by atoms with E-state index in [-0.39, 0.29) is 16.8 Å². The zero-order valence-electron chi connectivity index (χ0n) is 11.4. The lowest BCUT2D eigenvalue weighted by Crippen LogP contribution is -2.26. The minimum Gasteiger partial charge on any atom is -0.385 e. The van der Waals surface area contributed by atoms with Gasteiger partial charge >= 0.3 is 0 Å². The summed E-state index contributed by atoms with van der Waals surface area (Å²) in [5, 5.41) is 13.2. The van der Waals surface area contributed by atoms with Gasteiger partial charge in [0.25, 0.3) is 11.6 Å². The Kier molecular flexibility index (Phi) is 6.05. The zero-order chi connectivity index (χ0) is 15.1. The van der Waals surface area contributed by atoms with Crippen LogP contribution in [-0.2, 0) is 4.74 Å². The first-order chi connectivity index (χ1) is 9.47. The van der Waals surface area contributed by atoms with Crippen molar-refractivity contribution < 1.29 is 18.8 Å². The maximum absolute atomic E-state index is 13.8. The molecular formula is C13H17FN2O4. The molecular weight excluding hydrogens is 267 g/mol. The molecule has 1 N–H and O–H groups in total. The molecule has 7 heteroatoms. The summed E-state index contributed by atoms with van der Waals surface area (Å²) in [6, 6.07) is 2.05. The number of nitrogens with one attached hydrogen (secondary N) is 1. The second-order valence-electron chi connectivity index (χ2n) is 4.34. The highest BCUT2D eigenvalue weighted by Crippen LogP contribution is 2.20. The first kappa shape index (κ1) is 16.0. The molecule has 0 heterocycles. The SMILES string of the molecule is COCCCCNC(=O)c1cc([N+](=O)[O-])cc(C)c1F. The summed E-state index contributed by atoms with van der Waals surface area (Å²) >= 11 is 0. The van der Waals surface area contributed by atoms with Gasteiger partial charge in [0.1, 0.15) is 5.82 Å². The summed E-state index contributed by atoms with van der Waals surface area (Å²) in [4.78, 5) is 21.9. The largest absolute Gasteiger partial charge is 0.385 e. The number of carbonyl (C=O) groups is 1. The third-order valence-electron chi connectivity index (χ3n) is 2.76. The number of carbonyl (C=O) groups excluding carboxylic acids is 1. The van der Waals surface area contributed by atoms with Crippen LogP contribution in [0.15, 0.2) is 12.1 Å². The van der Waals surface area contributed by atoms with Crippen molar-refractivity contribution in [3.63, 3.8) is 0 Å². The number of nitro groups is 1. The number of aryl methyl sites for hydroxylation is 1. The molecule has 0 aliphatic rings. The van der Waals surface area contributed by atoms with Crippen LogP contribution in [0.2, 0.25) is 0 Å². The fraction of sp³-hybridized carbons (Fsp3) is 0.462. The van der Waals surface area contributed by atoms with Crippen molar-refractivity contribution in [3.05, 3.63) is 39.2 Å². The molecule has 1 rings (SSSR count). The maximum Gasteiger partial charge on any atom is 0.270 e. The van der Waals surface area contributed by atoms with E-state index >= 15 is 0 Å². The van der Waals surface area contributed by atoms with E-state index in [1.54, 1.807) is 7.11 Å². The number of amides is 1. The molecule has 0 bridgehead atoms. The van der Waals surface area contributed by atoms with Crippen molar-refractivity contribution in [2.45, 2.75) is 19.8 Å². The first-order valence-electron chi connectivity index (χ1n) is 6.19. The van der Waals surface area contributed by atoms with Crippen LogP contribution >= 0.6 is 0 Å². The number of halogens is 1. The van der Waals surface area contributed by atoms with Gasteiger partial charge in [0, 0.05) is 32.4 Å². The Bertz CT molecular complexity index is 505. The van der Waals surface area contributed by atoms with Gasteiger partial charge in [-0.3, -0.25) is 14.9 Å². The van der Waals surface area contributed by atoms with Crippen molar-refractivity contribution in [1.82, 2.24) is 5.32 Å². The minimum atomic E-state index is -0.731. The van der Waals surface area contributed by atoms with E-state index in [0.29, 0.717) is 19.6 Å². The number of benzene rings is 1. The number of ether oxygens (including phenoxy) is 1. The normalized spacial score (nSPS) is 10.3. The molecule has 0 atom stereocenters. The molecule has 0 spiro atoms. The highest BCUT2D eigenvalue weighted by Gasteiger charge is 2.19. The zero-order valence-corrected chi connectivity index (χ0v) is 11.4. The summed E-state index contributed by atoms with van der Waals surface area (Å²) in [6.45, 7) is 2.33. The highest BCUT2D eigenvalue weighted by molar-refractivity contribution is 5.95. The molecule has 1 aromatic carbocycles. The molecule has 0 unspecified atom stereocenters. The molecule has 110 valence electrons. The van der Waals surface area contributed by atoms with Gasteiger partial charge in [0.15, 0.2) is 0 Å². The van der Waals surface area contributed by atoms with E-state index in [2.05, 4.69) is 5.32 Å². The number of methoxy groups -OCH3 is 1. The first-order valence-corrected chi connectivity index (χ1v) is 6.19. The van der Waals surface area contributed by atoms with Gasteiger partial charge in [-0.25, -0.2) is 4.39 Å². The molecule has 0 saturated carbocycles. The van der Waals surface area contributed by atoms with Crippen molar-refractivity contribution >= 4 is 11.6 Å². The fourth-order valence-electron chi connectivity index (χ4n) is 1.69. The van der Waals surface area contributed by atoms with Crippen LogP contribution in [-0.4, -0.2) is 31.1 Å². The second-order valence-corrected chi connectivity index (χ2v) is 4.34. The number of hydrogen-bond donors (Lipinski definition) is 1. The Balaban J connectivity index is 2.74. The summed E-state index contributed by atoms with van der Waals surface area (Å²) in [5.74, 6) is -1.38. The van der Waals surface area contributed by atoms with Crippen molar-refractivity contribution in [3.8, 4) is 0 Å². The van der Waals surface area contributed by atoms with Gasteiger partial charge in [0.2, 0.25) is 0 Å². The van der Waals surface area contributed by atoms with Gasteiger partial charge in [-0.15, -0.1) is 0 Å². The van der Waals surface area contributed by atoms with Gasteiger partial charge in [0.05, 0.1) is 10.5 Å². The standard InChI is InChI=1S/C13H17FN2O4/c1-9-7-10(16(18)19)8-11(12(9)14)13(17)15-5-3-4-6-20-2/h7-8H,3-6H2,1-2H3,(H,15,17). The summed E-state index contributed by atoms with van der Waals surface area (Å²) in [6.07, 6.45) is 1.46. The lowest BCUT2D eigenvalue weighted by atomic mass is 10.1. The van der Waals surface area contributed by atoms with E-state index < -0.39 is 16.6 Å². The lowest BCUT2D eigenvalue weighted by Gasteiger charge is -2.07. The topological polar surface area (TPSA) is 81.5 Å². The Morgan fingerprint density at radius 2 is 2.15 bits per heavy atom. The molecule has 0 aliphatic heterocycles. The summed E-state index contributed by atoms with van der Waals surface area (Å²) in [5.41, 5.74) is -0.527. The van der Waals surface area contributed by atoms with E-state index in [9.17, 15) is 19.3 Å². The van der Waals surface area contributed by atoms with Crippen molar-refractivity contribution in [2.75, 3.05) is 20.3 Å². The minimum absolute atomic E-state index is 0.0729. The average molecular weight is 284 g/mol. The molecule has 0 aromatic heterocycles. The van der Waals surface area contributed by atoms with Gasteiger partial charge in [-0.1, -0.05) is 0 Å². The van der Waals surface area contributed by atoms with Gasteiger partial charge < -0.3 is 10.1 Å². The van der Waals surface area contributed by atoms with Crippen LogP contribution in [0.3, 0.4) is 0 Å². The number of unbranched alkanes of at least 4 members (excludes halogenated alkanes) is 1. The van der Waals surface area contributed by atoms with Crippen molar-refractivity contribution in [2.24, 2.45) is 0 Å². The average Bonchev–Trinajstić information content (AvgIpc) is 2.41. The molecule has 0 fully saturated rings. The predicted octanol–water partition coefficient (Wildman–Crippen LogP) is 2.20. The molecule has 0 radical (unpaired) electrons. The van der Waals surface area contributed by atoms with Crippen LogP contribution in [0.25, 0.3) is 0 Å². The Hall–Kier alpha value is -2.02. The second kappa shape index (κ2) is 7.54. The quantitative estimate of drug-likeness (QED) is 0.473. The number of rotatable bonds is 7. The van der Waals surface area contributed by atoms with E-state index in [1.807, 2.05) is 0 Å². The molecule has 1 aromatic rings. The van der Waals surface area contributed by atoms with Crippen LogP contribution in [0.1, 0.15) is 28.8 Å². The number of nitrogens with zero attached hydrogens (tertiary/aromatic N) is 1.